The van der Waals surface area contributed by atoms with Crippen molar-refractivity contribution in [2.24, 2.45) is 5.92 Å². The monoisotopic (exact) mass is 844 g/mol. The first-order valence-corrected chi connectivity index (χ1v) is 23.8. The van der Waals surface area contributed by atoms with Gasteiger partial charge in [0.25, 0.3) is 0 Å². The van der Waals surface area contributed by atoms with Gasteiger partial charge < -0.3 is 0 Å². The lowest BCUT2D eigenvalue weighted by atomic mass is 9.72. The molecule has 1 heteroatoms. The molecule has 3 aliphatic rings. The molecule has 0 saturated carbocycles. The summed E-state index contributed by atoms with van der Waals surface area (Å²) in [5.74, 6) is 0.238. The predicted molar refractivity (Wildman–Crippen MR) is 279 cm³/mol. The molecule has 306 valence electrons. The quantitative estimate of drug-likeness (QED) is 0.146. The molecular formula is C64H44S. The van der Waals surface area contributed by atoms with E-state index < -0.39 is 0 Å². The Bertz CT molecular complexity index is 3790. The van der Waals surface area contributed by atoms with Gasteiger partial charge in [0, 0.05) is 15.7 Å². The van der Waals surface area contributed by atoms with Crippen molar-refractivity contribution in [2.45, 2.75) is 19.3 Å². The van der Waals surface area contributed by atoms with Gasteiger partial charge in [-0.25, -0.2) is 0 Å². The number of hydrogen-bond acceptors (Lipinski definition) is 1. The molecular weight excluding hydrogens is 801 g/mol. The second kappa shape index (κ2) is 15.6. The predicted octanol–water partition coefficient (Wildman–Crippen LogP) is 16.0. The molecule has 0 amide bonds. The Morgan fingerprint density at radius 1 is 0.400 bits per heavy atom. The number of allylic oxidation sites excluding steroid dienone is 8. The zero-order valence-corrected chi connectivity index (χ0v) is 36.8. The SMILES string of the molecule is C1=CCCC(c2ccc(-c3ccc(-c4c5ccccc5c(-c5ccc6c(c5)=C(c5ccc7ccccc7c5)C5=CC=CCC5C=6c5ccc6ccccc6c5)c5ccccc45)cc3)s2)=C1. The molecule has 0 bridgehead atoms. The molecule has 0 fully saturated rings. The number of benzene rings is 9. The van der Waals surface area contributed by atoms with E-state index in [2.05, 4.69) is 225 Å². The molecule has 10 aromatic rings. The molecule has 0 aliphatic heterocycles. The fraction of sp³-hybridized carbons (Fsp3) is 0.0625. The molecule has 0 nitrogen and oxygen atoms in total. The maximum atomic E-state index is 2.52. The zero-order valence-electron chi connectivity index (χ0n) is 36.0. The highest BCUT2D eigenvalue weighted by atomic mass is 32.1. The van der Waals surface area contributed by atoms with E-state index in [1.165, 1.54) is 125 Å². The van der Waals surface area contributed by atoms with E-state index in [9.17, 15) is 0 Å². The van der Waals surface area contributed by atoms with Crippen LogP contribution in [0.15, 0.2) is 230 Å². The fourth-order valence-corrected chi connectivity index (χ4v) is 12.1. The summed E-state index contributed by atoms with van der Waals surface area (Å²) < 4.78 is 0. The maximum Gasteiger partial charge on any atom is 0.0349 e. The van der Waals surface area contributed by atoms with Gasteiger partial charge in [-0.3, -0.25) is 0 Å². The van der Waals surface area contributed by atoms with Gasteiger partial charge in [0.1, 0.15) is 0 Å². The molecule has 13 rings (SSSR count). The van der Waals surface area contributed by atoms with Gasteiger partial charge in [-0.1, -0.05) is 194 Å². The summed E-state index contributed by atoms with van der Waals surface area (Å²) in [7, 11) is 0. The molecule has 0 saturated heterocycles. The summed E-state index contributed by atoms with van der Waals surface area (Å²) in [6.45, 7) is 0. The Morgan fingerprint density at radius 2 is 0.954 bits per heavy atom. The first-order chi connectivity index (χ1) is 32.2. The van der Waals surface area contributed by atoms with E-state index in [0.29, 0.717) is 0 Å². The summed E-state index contributed by atoms with van der Waals surface area (Å²) in [6.07, 6.45) is 16.9. The fourth-order valence-electron chi connectivity index (χ4n) is 11.1. The van der Waals surface area contributed by atoms with E-state index in [0.717, 1.165) is 19.3 Å². The molecule has 1 aromatic heterocycles. The lowest BCUT2D eigenvalue weighted by molar-refractivity contribution is 0.798. The van der Waals surface area contributed by atoms with Gasteiger partial charge in [-0.2, -0.15) is 0 Å². The number of thiophene rings is 1. The van der Waals surface area contributed by atoms with Crippen LogP contribution in [0, 0.1) is 5.92 Å². The summed E-state index contributed by atoms with van der Waals surface area (Å²) in [5.41, 5.74) is 14.4. The van der Waals surface area contributed by atoms with Crippen LogP contribution in [0.25, 0.3) is 92.5 Å². The van der Waals surface area contributed by atoms with Crippen LogP contribution in [0.1, 0.15) is 35.3 Å². The Hall–Kier alpha value is -7.58. The second-order valence-corrected chi connectivity index (χ2v) is 18.8. The van der Waals surface area contributed by atoms with Gasteiger partial charge in [0.05, 0.1) is 0 Å². The number of fused-ring (bicyclic) bond motifs is 6. The smallest absolute Gasteiger partial charge is 0.0349 e. The van der Waals surface area contributed by atoms with Crippen LogP contribution >= 0.6 is 11.3 Å². The minimum atomic E-state index is 0.238. The third-order valence-electron chi connectivity index (χ3n) is 14.1. The highest BCUT2D eigenvalue weighted by Crippen LogP contribution is 2.46. The average Bonchev–Trinajstić information content (AvgIpc) is 3.88. The highest BCUT2D eigenvalue weighted by molar-refractivity contribution is 7.16. The number of hydrogen-bond donors (Lipinski definition) is 0. The summed E-state index contributed by atoms with van der Waals surface area (Å²) in [5, 5.41) is 12.7. The van der Waals surface area contributed by atoms with Gasteiger partial charge >= 0.3 is 0 Å². The minimum absolute atomic E-state index is 0.238. The van der Waals surface area contributed by atoms with Gasteiger partial charge in [0.15, 0.2) is 0 Å². The lowest BCUT2D eigenvalue weighted by Gasteiger charge is -2.31. The van der Waals surface area contributed by atoms with Crippen molar-refractivity contribution in [2.75, 3.05) is 0 Å². The van der Waals surface area contributed by atoms with E-state index in [-0.39, 0.29) is 5.92 Å². The summed E-state index contributed by atoms with van der Waals surface area (Å²) >= 11 is 1.90. The van der Waals surface area contributed by atoms with Crippen molar-refractivity contribution in [1.82, 2.24) is 0 Å². The van der Waals surface area contributed by atoms with E-state index in [1.807, 2.05) is 11.3 Å². The summed E-state index contributed by atoms with van der Waals surface area (Å²) in [4.78, 5) is 2.69. The Morgan fingerprint density at radius 3 is 1.63 bits per heavy atom. The van der Waals surface area contributed by atoms with Crippen molar-refractivity contribution in [3.05, 3.63) is 257 Å². The molecule has 1 atom stereocenters. The molecule has 1 heterocycles. The topological polar surface area (TPSA) is 0 Å². The highest BCUT2D eigenvalue weighted by Gasteiger charge is 2.30. The zero-order chi connectivity index (χ0) is 42.8. The van der Waals surface area contributed by atoms with Gasteiger partial charge in [-0.15, -0.1) is 11.3 Å². The minimum Gasteiger partial charge on any atom is -0.136 e. The van der Waals surface area contributed by atoms with Gasteiger partial charge in [0.2, 0.25) is 0 Å². The molecule has 0 spiro atoms. The Labute approximate surface area is 383 Å². The van der Waals surface area contributed by atoms with Crippen molar-refractivity contribution in [1.29, 1.82) is 0 Å². The third-order valence-corrected chi connectivity index (χ3v) is 15.3. The first-order valence-electron chi connectivity index (χ1n) is 23.0. The van der Waals surface area contributed by atoms with Crippen LogP contribution in [0.4, 0.5) is 0 Å². The maximum absolute atomic E-state index is 2.52. The van der Waals surface area contributed by atoms with Crippen molar-refractivity contribution in [3.8, 4) is 32.7 Å². The molecule has 9 aromatic carbocycles. The van der Waals surface area contributed by atoms with E-state index >= 15 is 0 Å². The van der Waals surface area contributed by atoms with Gasteiger partial charge in [-0.05, 0) is 164 Å². The van der Waals surface area contributed by atoms with Crippen LogP contribution in [0.3, 0.4) is 0 Å². The van der Waals surface area contributed by atoms with Crippen molar-refractivity contribution in [3.63, 3.8) is 0 Å². The largest absolute Gasteiger partial charge is 0.136 e. The Kier molecular flexibility index (Phi) is 9.10. The van der Waals surface area contributed by atoms with E-state index in [1.54, 1.807) is 0 Å². The molecule has 1 unspecified atom stereocenters. The van der Waals surface area contributed by atoms with Crippen molar-refractivity contribution < 1.29 is 0 Å². The standard InChI is InChI=1S/C64H44S/c1-2-16-43(17-3-1)59-36-37-60(65-59)44-28-30-45(31-29-44)61-51-20-8-10-22-53(51)63(54-23-11-9-21-52(54)61)50-34-35-57-58(40-50)64(49-33-27-42-15-5-7-19-47(42)39-49)56-25-13-12-24-55(56)62(57)48-32-26-41-14-4-6-18-46(41)38-48/h1-2,4-16,18-23,25-40,55H,3,17,24H2. The normalized spacial score (nSPS) is 15.7. The molecule has 65 heavy (non-hydrogen) atoms. The molecule has 0 N–H and O–H groups in total. The van der Waals surface area contributed by atoms with Crippen LogP contribution in [-0.4, -0.2) is 0 Å². The molecule has 0 radical (unpaired) electrons. The number of rotatable bonds is 6. The van der Waals surface area contributed by atoms with Crippen LogP contribution in [0.5, 0.6) is 0 Å². The lowest BCUT2D eigenvalue weighted by Crippen LogP contribution is -2.38. The molecule has 3 aliphatic carbocycles. The average molecular weight is 845 g/mol. The summed E-state index contributed by atoms with van der Waals surface area (Å²) in [6, 6.07) is 71.0. The van der Waals surface area contributed by atoms with Crippen LogP contribution in [-0.2, 0) is 0 Å². The Balaban J connectivity index is 1.04. The van der Waals surface area contributed by atoms with E-state index in [4.69, 9.17) is 0 Å². The van der Waals surface area contributed by atoms with Crippen LogP contribution < -0.4 is 10.4 Å². The second-order valence-electron chi connectivity index (χ2n) is 17.8. The first kappa shape index (κ1) is 37.9. The third kappa shape index (κ3) is 6.41. The van der Waals surface area contributed by atoms with Crippen LogP contribution in [0.2, 0.25) is 0 Å². The van der Waals surface area contributed by atoms with Crippen molar-refractivity contribution >= 4 is 71.1 Å².